The van der Waals surface area contributed by atoms with Crippen molar-refractivity contribution in [2.75, 3.05) is 12.4 Å². The first kappa shape index (κ1) is 19.2. The number of nitrogens with zero attached hydrogens (tertiary/aromatic N) is 1. The highest BCUT2D eigenvalue weighted by Gasteiger charge is 2.41. The van der Waals surface area contributed by atoms with E-state index >= 15 is 0 Å². The molecule has 0 saturated carbocycles. The number of hydrogen-bond acceptors (Lipinski definition) is 4. The van der Waals surface area contributed by atoms with E-state index in [9.17, 15) is 17.6 Å². The number of carbonyl (C=O) groups excluding carboxylic acids is 1. The molecule has 2 heterocycles. The Bertz CT molecular complexity index is 948. The molecular weight excluding hydrogens is 401 g/mol. The Kier molecular flexibility index (Phi) is 5.36. The molecule has 1 saturated heterocycles. The zero-order valence-corrected chi connectivity index (χ0v) is 16.4. The van der Waals surface area contributed by atoms with Crippen molar-refractivity contribution in [1.29, 1.82) is 0 Å². The molecule has 0 unspecified atom stereocenters. The Hall–Kier alpha value is -1.52. The van der Waals surface area contributed by atoms with Crippen LogP contribution >= 0.6 is 22.9 Å². The molecule has 0 bridgehead atoms. The largest absolute Gasteiger partial charge is 0.325 e. The number of benzene rings is 1. The maximum Gasteiger partial charge on any atom is 0.280 e. The Morgan fingerprint density at radius 2 is 2.15 bits per heavy atom. The van der Waals surface area contributed by atoms with Crippen molar-refractivity contribution in [3.63, 3.8) is 0 Å². The molecule has 26 heavy (non-hydrogen) atoms. The predicted octanol–water partition coefficient (Wildman–Crippen LogP) is 3.07. The van der Waals surface area contributed by atoms with Crippen LogP contribution in [0.2, 0.25) is 5.02 Å². The summed E-state index contributed by atoms with van der Waals surface area (Å²) >= 11 is 7.16. The third-order valence-electron chi connectivity index (χ3n) is 4.15. The Morgan fingerprint density at radius 3 is 2.77 bits per heavy atom. The minimum absolute atomic E-state index is 0.124. The third kappa shape index (κ3) is 3.91. The highest BCUT2D eigenvalue weighted by molar-refractivity contribution is 7.87. The Balaban J connectivity index is 1.83. The van der Waals surface area contributed by atoms with Gasteiger partial charge in [-0.15, -0.1) is 11.3 Å². The van der Waals surface area contributed by atoms with E-state index in [1.807, 2.05) is 18.4 Å². The first-order valence-corrected chi connectivity index (χ1v) is 10.4. The molecule has 1 amide bonds. The summed E-state index contributed by atoms with van der Waals surface area (Å²) in [6.45, 7) is 1.92. The molecule has 1 aliphatic heterocycles. The minimum atomic E-state index is -3.81. The van der Waals surface area contributed by atoms with Gasteiger partial charge in [0.25, 0.3) is 10.2 Å². The summed E-state index contributed by atoms with van der Waals surface area (Å²) in [6.07, 6.45) is 0.274. The number of hydrogen-bond donors (Lipinski definition) is 2. The van der Waals surface area contributed by atoms with Crippen LogP contribution in [0.1, 0.15) is 22.9 Å². The summed E-state index contributed by atoms with van der Waals surface area (Å²) in [7, 11) is -2.46. The number of nitrogens with one attached hydrogen (secondary N) is 2. The van der Waals surface area contributed by atoms with Crippen LogP contribution in [-0.2, 0) is 15.0 Å². The molecule has 0 spiro atoms. The predicted molar refractivity (Wildman–Crippen MR) is 100 cm³/mol. The van der Waals surface area contributed by atoms with Gasteiger partial charge in [-0.2, -0.15) is 17.4 Å². The molecule has 1 fully saturated rings. The summed E-state index contributed by atoms with van der Waals surface area (Å²) < 4.78 is 41.7. The second-order valence-corrected chi connectivity index (χ2v) is 9.20. The van der Waals surface area contributed by atoms with Crippen LogP contribution in [0, 0.1) is 12.7 Å². The fraction of sp³-hybridized carbons (Fsp3) is 0.312. The van der Waals surface area contributed by atoms with E-state index < -0.39 is 34.0 Å². The summed E-state index contributed by atoms with van der Waals surface area (Å²) in [6, 6.07) is 4.30. The van der Waals surface area contributed by atoms with Crippen molar-refractivity contribution in [2.45, 2.75) is 25.4 Å². The van der Waals surface area contributed by atoms with Gasteiger partial charge in [-0.05, 0) is 48.6 Å². The number of aryl methyl sites for hydroxylation is 1. The van der Waals surface area contributed by atoms with Gasteiger partial charge in [0.1, 0.15) is 11.9 Å². The normalized spacial score (nSPS) is 22.9. The van der Waals surface area contributed by atoms with Gasteiger partial charge in [-0.1, -0.05) is 11.6 Å². The molecule has 0 radical (unpaired) electrons. The summed E-state index contributed by atoms with van der Waals surface area (Å²) in [5.41, 5.74) is 1.33. The number of rotatable bonds is 3. The molecule has 2 aromatic rings. The second-order valence-electron chi connectivity index (χ2n) is 6.09. The van der Waals surface area contributed by atoms with Crippen molar-refractivity contribution in [1.82, 2.24) is 9.03 Å². The standard InChI is InChI=1S/C16H17ClFN3O3S2/c1-9-5-15(25-8-9)13-7-14(21(2)26(23,24)20-13)16(22)19-10-3-4-12(18)11(17)6-10/h3-6,8,13-14,20H,7H2,1-2H3,(H,19,22)/t13-,14+/m1/s1. The van der Waals surface area contributed by atoms with Crippen LogP contribution in [0.3, 0.4) is 0 Å². The summed E-state index contributed by atoms with van der Waals surface area (Å²) in [5.74, 6) is -1.10. The number of anilines is 1. The Morgan fingerprint density at radius 1 is 1.42 bits per heavy atom. The number of likely N-dealkylation sites (N-methyl/N-ethyl adjacent to an activating group) is 1. The Labute approximate surface area is 160 Å². The first-order valence-electron chi connectivity index (χ1n) is 7.73. The number of amides is 1. The van der Waals surface area contributed by atoms with E-state index in [0.29, 0.717) is 5.69 Å². The SMILES string of the molecule is Cc1csc([C@H]2C[C@@H](C(=O)Nc3ccc(F)c(Cl)c3)N(C)S(=O)(=O)N2)c1. The summed E-state index contributed by atoms with van der Waals surface area (Å²) in [5, 5.41) is 4.41. The van der Waals surface area contributed by atoms with Crippen molar-refractivity contribution in [3.8, 4) is 0 Å². The minimum Gasteiger partial charge on any atom is -0.325 e. The van der Waals surface area contributed by atoms with Crippen molar-refractivity contribution < 1.29 is 17.6 Å². The van der Waals surface area contributed by atoms with Crippen LogP contribution in [0.5, 0.6) is 0 Å². The zero-order valence-electron chi connectivity index (χ0n) is 14.0. The van der Waals surface area contributed by atoms with Crippen molar-refractivity contribution in [2.24, 2.45) is 0 Å². The number of thiophene rings is 1. The fourth-order valence-electron chi connectivity index (χ4n) is 2.73. The lowest BCUT2D eigenvalue weighted by Crippen LogP contribution is -2.55. The average molecular weight is 418 g/mol. The van der Waals surface area contributed by atoms with E-state index in [2.05, 4.69) is 10.0 Å². The van der Waals surface area contributed by atoms with Gasteiger partial charge < -0.3 is 5.32 Å². The van der Waals surface area contributed by atoms with E-state index in [1.54, 1.807) is 0 Å². The van der Waals surface area contributed by atoms with Crippen LogP contribution in [0.25, 0.3) is 0 Å². The van der Waals surface area contributed by atoms with E-state index in [4.69, 9.17) is 11.6 Å². The quantitative estimate of drug-likeness (QED) is 0.805. The molecule has 6 nitrogen and oxygen atoms in total. The van der Waals surface area contributed by atoms with Crippen LogP contribution in [-0.4, -0.2) is 31.7 Å². The van der Waals surface area contributed by atoms with Gasteiger partial charge in [0, 0.05) is 17.6 Å². The molecule has 10 heteroatoms. The molecule has 1 aromatic heterocycles. The highest BCUT2D eigenvalue weighted by atomic mass is 35.5. The van der Waals surface area contributed by atoms with Crippen molar-refractivity contribution >= 4 is 44.7 Å². The maximum absolute atomic E-state index is 13.3. The van der Waals surface area contributed by atoms with E-state index in [0.717, 1.165) is 20.8 Å². The van der Waals surface area contributed by atoms with Crippen molar-refractivity contribution in [3.05, 3.63) is 50.9 Å². The maximum atomic E-state index is 13.3. The molecule has 1 aliphatic rings. The fourth-order valence-corrected chi connectivity index (χ4v) is 5.22. The van der Waals surface area contributed by atoms with Crippen LogP contribution < -0.4 is 10.0 Å². The average Bonchev–Trinajstić information content (AvgIpc) is 2.99. The second kappa shape index (κ2) is 7.24. The summed E-state index contributed by atoms with van der Waals surface area (Å²) in [4.78, 5) is 13.5. The highest BCUT2D eigenvalue weighted by Crippen LogP contribution is 2.32. The molecule has 0 aliphatic carbocycles. The third-order valence-corrected chi connectivity index (χ3v) is 7.20. The molecule has 2 atom stereocenters. The first-order chi connectivity index (χ1) is 12.2. The molecule has 2 N–H and O–H groups in total. The van der Waals surface area contributed by atoms with Gasteiger partial charge in [-0.3, -0.25) is 4.79 Å². The smallest absolute Gasteiger partial charge is 0.280 e. The zero-order chi connectivity index (χ0) is 19.1. The van der Waals surface area contributed by atoms with Crippen LogP contribution in [0.15, 0.2) is 29.6 Å². The van der Waals surface area contributed by atoms with Gasteiger partial charge in [0.2, 0.25) is 5.91 Å². The molecule has 3 rings (SSSR count). The number of halogens is 2. The molecule has 1 aromatic carbocycles. The van der Waals surface area contributed by atoms with Crippen LogP contribution in [0.4, 0.5) is 10.1 Å². The monoisotopic (exact) mass is 417 g/mol. The van der Waals surface area contributed by atoms with Gasteiger partial charge in [0.15, 0.2) is 0 Å². The van der Waals surface area contributed by atoms with E-state index in [-0.39, 0.29) is 11.4 Å². The van der Waals surface area contributed by atoms with E-state index in [1.165, 1.54) is 30.5 Å². The van der Waals surface area contributed by atoms with Gasteiger partial charge >= 0.3 is 0 Å². The molecular formula is C16H17ClFN3O3S2. The topological polar surface area (TPSA) is 78.5 Å². The lowest BCUT2D eigenvalue weighted by atomic mass is 10.0. The van der Waals surface area contributed by atoms with Gasteiger partial charge in [-0.25, -0.2) is 4.39 Å². The lowest BCUT2D eigenvalue weighted by molar-refractivity contribution is -0.120. The molecule has 140 valence electrons. The lowest BCUT2D eigenvalue weighted by Gasteiger charge is -2.35. The van der Waals surface area contributed by atoms with Gasteiger partial charge in [0.05, 0.1) is 11.1 Å². The number of carbonyl (C=O) groups is 1.